The summed E-state index contributed by atoms with van der Waals surface area (Å²) >= 11 is 7.84. The van der Waals surface area contributed by atoms with E-state index in [2.05, 4.69) is 24.3 Å². The highest BCUT2D eigenvalue weighted by atomic mass is 35.5. The van der Waals surface area contributed by atoms with Crippen molar-refractivity contribution in [1.82, 2.24) is 9.80 Å². The first-order valence-corrected chi connectivity index (χ1v) is 11.3. The number of anilines is 1. The Labute approximate surface area is 180 Å². The molecule has 0 bridgehead atoms. The number of carbonyl (C=O) groups is 2. The lowest BCUT2D eigenvalue weighted by atomic mass is 10.1. The van der Waals surface area contributed by atoms with E-state index in [1.807, 2.05) is 34.9 Å². The third kappa shape index (κ3) is 4.70. The summed E-state index contributed by atoms with van der Waals surface area (Å²) in [7, 11) is 0. The molecule has 5 nitrogen and oxygen atoms in total. The van der Waals surface area contributed by atoms with Crippen molar-refractivity contribution in [2.45, 2.75) is 11.7 Å². The van der Waals surface area contributed by atoms with E-state index in [1.165, 1.54) is 5.56 Å². The van der Waals surface area contributed by atoms with Crippen LogP contribution in [0.15, 0.2) is 54.6 Å². The van der Waals surface area contributed by atoms with Gasteiger partial charge in [0.2, 0.25) is 5.91 Å². The summed E-state index contributed by atoms with van der Waals surface area (Å²) in [5, 5.41) is 1.06. The largest absolute Gasteiger partial charge is 0.340 e. The summed E-state index contributed by atoms with van der Waals surface area (Å²) in [5.74, 6) is 0.946. The number of benzene rings is 2. The maximum absolute atomic E-state index is 12.9. The van der Waals surface area contributed by atoms with Gasteiger partial charge in [-0.2, -0.15) is 11.8 Å². The molecule has 4 rings (SSSR count). The molecule has 2 fully saturated rings. The van der Waals surface area contributed by atoms with Gasteiger partial charge in [0.25, 0.3) is 0 Å². The molecule has 3 amide bonds. The molecule has 7 heteroatoms. The van der Waals surface area contributed by atoms with Crippen LogP contribution in [0.25, 0.3) is 0 Å². The fourth-order valence-electron chi connectivity index (χ4n) is 3.81. The van der Waals surface area contributed by atoms with Crippen LogP contribution in [-0.2, 0) is 4.79 Å². The highest BCUT2D eigenvalue weighted by Crippen LogP contribution is 2.34. The zero-order valence-electron chi connectivity index (χ0n) is 16.2. The van der Waals surface area contributed by atoms with Crippen LogP contribution in [0.3, 0.4) is 0 Å². The van der Waals surface area contributed by atoms with E-state index in [-0.39, 0.29) is 18.5 Å². The zero-order valence-corrected chi connectivity index (χ0v) is 17.7. The van der Waals surface area contributed by atoms with Crippen LogP contribution in [0.5, 0.6) is 0 Å². The molecule has 2 aliphatic rings. The number of nitrogens with zero attached hydrogens (tertiary/aromatic N) is 3. The number of carbonyl (C=O) groups excluding carboxylic acids is 2. The van der Waals surface area contributed by atoms with E-state index in [0.717, 1.165) is 31.0 Å². The Morgan fingerprint density at radius 3 is 2.52 bits per heavy atom. The minimum Gasteiger partial charge on any atom is -0.340 e. The second-order valence-electron chi connectivity index (χ2n) is 7.27. The van der Waals surface area contributed by atoms with Gasteiger partial charge in [0.15, 0.2) is 0 Å². The summed E-state index contributed by atoms with van der Waals surface area (Å²) in [6.07, 6.45) is 0.936. The maximum atomic E-state index is 12.9. The number of amides is 3. The predicted molar refractivity (Wildman–Crippen MR) is 119 cm³/mol. The maximum Gasteiger partial charge on any atom is 0.325 e. The molecule has 1 atom stereocenters. The Bertz CT molecular complexity index is 862. The third-order valence-electron chi connectivity index (χ3n) is 5.42. The fraction of sp³-hybridized carbons (Fsp3) is 0.364. The molecule has 2 saturated heterocycles. The van der Waals surface area contributed by atoms with Gasteiger partial charge in [-0.25, -0.2) is 4.79 Å². The molecule has 152 valence electrons. The van der Waals surface area contributed by atoms with Crippen molar-refractivity contribution >= 4 is 41.0 Å². The number of rotatable bonds is 4. The first-order chi connectivity index (χ1) is 14.1. The van der Waals surface area contributed by atoms with E-state index in [9.17, 15) is 9.59 Å². The van der Waals surface area contributed by atoms with Crippen LogP contribution < -0.4 is 4.90 Å². The second kappa shape index (κ2) is 9.09. The van der Waals surface area contributed by atoms with Gasteiger partial charge in [-0.1, -0.05) is 41.9 Å². The molecule has 0 aromatic heterocycles. The molecule has 0 aliphatic carbocycles. The predicted octanol–water partition coefficient (Wildman–Crippen LogP) is 4.29. The van der Waals surface area contributed by atoms with Crippen molar-refractivity contribution in [3.05, 3.63) is 65.2 Å². The fourth-order valence-corrected chi connectivity index (χ4v) is 5.16. The molecular weight excluding hydrogens is 406 g/mol. The van der Waals surface area contributed by atoms with Crippen LogP contribution in [0.4, 0.5) is 10.5 Å². The molecule has 0 saturated carbocycles. The number of hydrogen-bond donors (Lipinski definition) is 0. The molecule has 2 heterocycles. The molecule has 1 unspecified atom stereocenters. The van der Waals surface area contributed by atoms with Crippen LogP contribution in [-0.4, -0.2) is 60.2 Å². The van der Waals surface area contributed by atoms with Crippen LogP contribution in [0, 0.1) is 0 Å². The smallest absolute Gasteiger partial charge is 0.325 e. The molecule has 0 spiro atoms. The monoisotopic (exact) mass is 429 g/mol. The van der Waals surface area contributed by atoms with Crippen molar-refractivity contribution < 1.29 is 9.59 Å². The highest BCUT2D eigenvalue weighted by Gasteiger charge is 2.32. The quantitative estimate of drug-likeness (QED) is 0.728. The molecule has 2 aromatic rings. The Balaban J connectivity index is 1.33. The van der Waals surface area contributed by atoms with Crippen LogP contribution in [0.1, 0.15) is 17.2 Å². The average molecular weight is 430 g/mol. The van der Waals surface area contributed by atoms with Crippen molar-refractivity contribution in [3.8, 4) is 0 Å². The van der Waals surface area contributed by atoms with E-state index in [1.54, 1.807) is 21.9 Å². The van der Waals surface area contributed by atoms with Gasteiger partial charge in [-0.15, -0.1) is 0 Å². The molecular formula is C22H24ClN3O2S. The summed E-state index contributed by atoms with van der Waals surface area (Å²) in [5.41, 5.74) is 2.13. The topological polar surface area (TPSA) is 43.9 Å². The van der Waals surface area contributed by atoms with Gasteiger partial charge in [-0.05, 0) is 36.2 Å². The van der Waals surface area contributed by atoms with Gasteiger partial charge >= 0.3 is 6.03 Å². The summed E-state index contributed by atoms with van der Waals surface area (Å²) in [6.45, 7) is 2.75. The molecule has 0 N–H and O–H groups in total. The lowest BCUT2D eigenvalue weighted by molar-refractivity contribution is -0.131. The Kier molecular flexibility index (Phi) is 6.31. The van der Waals surface area contributed by atoms with E-state index in [4.69, 9.17) is 11.6 Å². The van der Waals surface area contributed by atoms with Crippen molar-refractivity contribution in [2.75, 3.05) is 43.4 Å². The SMILES string of the molecule is O=C(CN1CCN(c2ccc(Cl)cc2)C1=O)N1CCSC(c2ccccc2)CC1. The van der Waals surface area contributed by atoms with Crippen LogP contribution >= 0.6 is 23.4 Å². The minimum absolute atomic E-state index is 0.0330. The summed E-state index contributed by atoms with van der Waals surface area (Å²) in [6, 6.07) is 17.6. The normalized spacial score (nSPS) is 20.1. The molecule has 0 radical (unpaired) electrons. The molecule has 29 heavy (non-hydrogen) atoms. The Hall–Kier alpha value is -2.18. The number of halogens is 1. The average Bonchev–Trinajstić information content (AvgIpc) is 2.95. The number of urea groups is 1. The lowest BCUT2D eigenvalue weighted by Crippen LogP contribution is -2.43. The van der Waals surface area contributed by atoms with Gasteiger partial charge in [0.05, 0.1) is 0 Å². The third-order valence-corrected chi connectivity index (χ3v) is 7.01. The minimum atomic E-state index is -0.118. The first-order valence-electron chi connectivity index (χ1n) is 9.88. The second-order valence-corrected chi connectivity index (χ2v) is 9.02. The van der Waals surface area contributed by atoms with Gasteiger partial charge < -0.3 is 9.80 Å². The lowest BCUT2D eigenvalue weighted by Gasteiger charge is -2.24. The van der Waals surface area contributed by atoms with Crippen molar-refractivity contribution in [1.29, 1.82) is 0 Å². The van der Waals surface area contributed by atoms with Gasteiger partial charge in [0.1, 0.15) is 6.54 Å². The van der Waals surface area contributed by atoms with E-state index in [0.29, 0.717) is 23.4 Å². The van der Waals surface area contributed by atoms with Crippen molar-refractivity contribution in [3.63, 3.8) is 0 Å². The van der Waals surface area contributed by atoms with E-state index < -0.39 is 0 Å². The molecule has 2 aromatic carbocycles. The Morgan fingerprint density at radius 2 is 1.76 bits per heavy atom. The van der Waals surface area contributed by atoms with Crippen molar-refractivity contribution in [2.24, 2.45) is 0 Å². The van der Waals surface area contributed by atoms with Gasteiger partial charge in [-0.3, -0.25) is 9.69 Å². The standard InChI is InChI=1S/C22H24ClN3O2S/c23-18-6-8-19(9-7-18)26-13-12-25(22(26)28)16-21(27)24-11-10-20(29-15-14-24)17-4-2-1-3-5-17/h1-9,20H,10-16H2. The highest BCUT2D eigenvalue weighted by molar-refractivity contribution is 7.99. The van der Waals surface area contributed by atoms with Crippen LogP contribution in [0.2, 0.25) is 5.02 Å². The first kappa shape index (κ1) is 20.1. The zero-order chi connectivity index (χ0) is 20.2. The Morgan fingerprint density at radius 1 is 1.00 bits per heavy atom. The van der Waals surface area contributed by atoms with Gasteiger partial charge in [0, 0.05) is 47.9 Å². The van der Waals surface area contributed by atoms with E-state index >= 15 is 0 Å². The molecule has 2 aliphatic heterocycles. The summed E-state index contributed by atoms with van der Waals surface area (Å²) in [4.78, 5) is 30.9. The number of hydrogen-bond acceptors (Lipinski definition) is 3. The summed E-state index contributed by atoms with van der Waals surface area (Å²) < 4.78 is 0. The number of thioether (sulfide) groups is 1.